The summed E-state index contributed by atoms with van der Waals surface area (Å²) in [5.41, 5.74) is 8.54. The molecule has 1 aromatic carbocycles. The molecule has 0 fully saturated rings. The van der Waals surface area contributed by atoms with E-state index in [9.17, 15) is 0 Å². The highest BCUT2D eigenvalue weighted by Crippen LogP contribution is 2.18. The van der Waals surface area contributed by atoms with Crippen LogP contribution in [0.25, 0.3) is 0 Å². The number of hydrogen-bond donors (Lipinski definition) is 2. The van der Waals surface area contributed by atoms with Crippen molar-refractivity contribution in [2.24, 2.45) is 0 Å². The molecule has 5 nitrogen and oxygen atoms in total. The summed E-state index contributed by atoms with van der Waals surface area (Å²) in [6.07, 6.45) is 0. The topological polar surface area (TPSA) is 77.0 Å². The summed E-state index contributed by atoms with van der Waals surface area (Å²) in [6.45, 7) is 4.31. The van der Waals surface area contributed by atoms with Crippen molar-refractivity contribution in [1.82, 2.24) is 10.1 Å². The molecule has 2 aromatic rings. The van der Waals surface area contributed by atoms with Crippen LogP contribution in [0.15, 0.2) is 22.7 Å². The molecule has 0 saturated heterocycles. The van der Waals surface area contributed by atoms with Gasteiger partial charge >= 0.3 is 0 Å². The Balaban J connectivity index is 2.04. The summed E-state index contributed by atoms with van der Waals surface area (Å²) in [5.74, 6) is 1.22. The average molecular weight is 218 g/mol. The minimum absolute atomic E-state index is 0.519. The van der Waals surface area contributed by atoms with Crippen molar-refractivity contribution < 1.29 is 4.52 Å². The van der Waals surface area contributed by atoms with Gasteiger partial charge < -0.3 is 15.6 Å². The third-order valence-corrected chi connectivity index (χ3v) is 2.25. The van der Waals surface area contributed by atoms with Crippen molar-refractivity contribution >= 4 is 11.4 Å². The van der Waals surface area contributed by atoms with Crippen molar-refractivity contribution in [2.45, 2.75) is 20.4 Å². The maximum Gasteiger partial charge on any atom is 0.245 e. The number of nitrogens with two attached hydrogens (primary N) is 1. The molecule has 5 heteroatoms. The van der Waals surface area contributed by atoms with Gasteiger partial charge in [0.2, 0.25) is 5.89 Å². The molecule has 0 spiro atoms. The normalized spacial score (nSPS) is 10.4. The first-order chi connectivity index (χ1) is 7.65. The number of hydrogen-bond acceptors (Lipinski definition) is 5. The fourth-order valence-corrected chi connectivity index (χ4v) is 1.47. The van der Waals surface area contributed by atoms with Crippen LogP contribution in [0.5, 0.6) is 0 Å². The predicted molar refractivity (Wildman–Crippen MR) is 62.0 cm³/mol. The number of aryl methyl sites for hydroxylation is 2. The van der Waals surface area contributed by atoms with E-state index in [1.54, 1.807) is 6.92 Å². The zero-order chi connectivity index (χ0) is 11.5. The minimum atomic E-state index is 0.519. The van der Waals surface area contributed by atoms with Crippen LogP contribution in [-0.4, -0.2) is 10.1 Å². The number of rotatable bonds is 3. The van der Waals surface area contributed by atoms with Gasteiger partial charge in [-0.15, -0.1) is 0 Å². The number of nitrogens with zero attached hydrogens (tertiary/aromatic N) is 2. The second-order valence-corrected chi connectivity index (χ2v) is 3.66. The second kappa shape index (κ2) is 4.22. The van der Waals surface area contributed by atoms with Crippen molar-refractivity contribution in [3.63, 3.8) is 0 Å². The largest absolute Gasteiger partial charge is 0.399 e. The maximum absolute atomic E-state index is 5.67. The van der Waals surface area contributed by atoms with E-state index in [2.05, 4.69) is 15.5 Å². The fourth-order valence-electron chi connectivity index (χ4n) is 1.47. The van der Waals surface area contributed by atoms with E-state index in [0.29, 0.717) is 18.3 Å². The first-order valence-electron chi connectivity index (χ1n) is 5.04. The van der Waals surface area contributed by atoms with Gasteiger partial charge in [0.25, 0.3) is 0 Å². The SMILES string of the molecule is Cc1noc(CNc2ccc(N)cc2C)n1. The highest BCUT2D eigenvalue weighted by atomic mass is 16.5. The van der Waals surface area contributed by atoms with Crippen molar-refractivity contribution in [2.75, 3.05) is 11.1 Å². The lowest BCUT2D eigenvalue weighted by atomic mass is 10.2. The monoisotopic (exact) mass is 218 g/mol. The quantitative estimate of drug-likeness (QED) is 0.769. The van der Waals surface area contributed by atoms with Gasteiger partial charge in [-0.3, -0.25) is 0 Å². The first kappa shape index (κ1) is 10.5. The van der Waals surface area contributed by atoms with Crippen LogP contribution >= 0.6 is 0 Å². The molecule has 0 aliphatic carbocycles. The molecule has 2 rings (SSSR count). The van der Waals surface area contributed by atoms with Crippen molar-refractivity contribution in [3.05, 3.63) is 35.5 Å². The van der Waals surface area contributed by atoms with Gasteiger partial charge in [0.15, 0.2) is 5.82 Å². The Morgan fingerprint density at radius 2 is 2.19 bits per heavy atom. The molecule has 16 heavy (non-hydrogen) atoms. The van der Waals surface area contributed by atoms with Gasteiger partial charge in [0.05, 0.1) is 6.54 Å². The number of benzene rings is 1. The summed E-state index contributed by atoms with van der Waals surface area (Å²) in [7, 11) is 0. The van der Waals surface area contributed by atoms with Crippen LogP contribution in [0.1, 0.15) is 17.3 Å². The molecular weight excluding hydrogens is 204 g/mol. The molecule has 0 aliphatic heterocycles. The van der Waals surface area contributed by atoms with E-state index < -0.39 is 0 Å². The lowest BCUT2D eigenvalue weighted by molar-refractivity contribution is 0.379. The lowest BCUT2D eigenvalue weighted by Crippen LogP contribution is -2.01. The van der Waals surface area contributed by atoms with Gasteiger partial charge in [-0.2, -0.15) is 4.98 Å². The Morgan fingerprint density at radius 1 is 1.38 bits per heavy atom. The smallest absolute Gasteiger partial charge is 0.245 e. The summed E-state index contributed by atoms with van der Waals surface area (Å²) >= 11 is 0. The van der Waals surface area contributed by atoms with Crippen LogP contribution in [0.4, 0.5) is 11.4 Å². The Morgan fingerprint density at radius 3 is 2.81 bits per heavy atom. The molecule has 0 aliphatic rings. The first-order valence-corrected chi connectivity index (χ1v) is 5.04. The summed E-state index contributed by atoms with van der Waals surface area (Å²) in [4.78, 5) is 4.11. The maximum atomic E-state index is 5.67. The van der Waals surface area contributed by atoms with E-state index in [4.69, 9.17) is 10.3 Å². The van der Waals surface area contributed by atoms with Crippen LogP contribution in [-0.2, 0) is 6.54 Å². The summed E-state index contributed by atoms with van der Waals surface area (Å²) in [6, 6.07) is 5.71. The molecule has 0 atom stereocenters. The predicted octanol–water partition coefficient (Wildman–Crippen LogP) is 1.88. The molecule has 0 bridgehead atoms. The second-order valence-electron chi connectivity index (χ2n) is 3.66. The Bertz CT molecular complexity index is 492. The third kappa shape index (κ3) is 2.31. The number of nitrogen functional groups attached to an aromatic ring is 1. The van der Waals surface area contributed by atoms with E-state index in [0.717, 1.165) is 16.9 Å². The number of anilines is 2. The third-order valence-electron chi connectivity index (χ3n) is 2.25. The minimum Gasteiger partial charge on any atom is -0.399 e. The molecule has 3 N–H and O–H groups in total. The van der Waals surface area contributed by atoms with Crippen molar-refractivity contribution in [3.8, 4) is 0 Å². The molecule has 84 valence electrons. The van der Waals surface area contributed by atoms with Crippen LogP contribution in [0.2, 0.25) is 0 Å². The fraction of sp³-hybridized carbons (Fsp3) is 0.273. The molecular formula is C11H14N4O. The van der Waals surface area contributed by atoms with E-state index in [1.807, 2.05) is 25.1 Å². The summed E-state index contributed by atoms with van der Waals surface area (Å²) < 4.78 is 5.00. The molecule has 0 saturated carbocycles. The van der Waals surface area contributed by atoms with Crippen molar-refractivity contribution in [1.29, 1.82) is 0 Å². The van der Waals surface area contributed by atoms with Crippen LogP contribution < -0.4 is 11.1 Å². The van der Waals surface area contributed by atoms with Gasteiger partial charge in [-0.25, -0.2) is 0 Å². The number of nitrogens with one attached hydrogen (secondary N) is 1. The van der Waals surface area contributed by atoms with Crippen LogP contribution in [0, 0.1) is 13.8 Å². The number of aromatic nitrogens is 2. The van der Waals surface area contributed by atoms with Gasteiger partial charge in [0.1, 0.15) is 0 Å². The highest BCUT2D eigenvalue weighted by Gasteiger charge is 2.03. The molecule has 1 aromatic heterocycles. The van der Waals surface area contributed by atoms with E-state index >= 15 is 0 Å². The zero-order valence-electron chi connectivity index (χ0n) is 9.32. The van der Waals surface area contributed by atoms with Gasteiger partial charge in [-0.1, -0.05) is 5.16 Å². The van der Waals surface area contributed by atoms with E-state index in [-0.39, 0.29) is 0 Å². The van der Waals surface area contributed by atoms with Crippen LogP contribution in [0.3, 0.4) is 0 Å². The molecule has 0 amide bonds. The lowest BCUT2D eigenvalue weighted by Gasteiger charge is -2.07. The summed E-state index contributed by atoms with van der Waals surface area (Å²) in [5, 5.41) is 6.94. The Hall–Kier alpha value is -2.04. The molecule has 0 unspecified atom stereocenters. The average Bonchev–Trinajstić information content (AvgIpc) is 2.63. The van der Waals surface area contributed by atoms with Gasteiger partial charge in [-0.05, 0) is 37.6 Å². The van der Waals surface area contributed by atoms with Gasteiger partial charge in [0, 0.05) is 11.4 Å². The Labute approximate surface area is 93.7 Å². The van der Waals surface area contributed by atoms with E-state index in [1.165, 1.54) is 0 Å². The zero-order valence-corrected chi connectivity index (χ0v) is 9.32. The molecule has 0 radical (unpaired) electrons. The Kier molecular flexibility index (Phi) is 2.76. The molecule has 1 heterocycles. The highest BCUT2D eigenvalue weighted by molar-refractivity contribution is 5.57. The standard InChI is InChI=1S/C11H14N4O/c1-7-5-9(12)3-4-10(7)13-6-11-14-8(2)15-16-11/h3-5,13H,6,12H2,1-2H3.